The van der Waals surface area contributed by atoms with E-state index in [1.807, 2.05) is 0 Å². The standard InChI is InChI=1S/Al.Na.H2O4S.H4O4Si.4H/c;;2*1-5(2,3)4;;;;/h;;(H2,1,2,3,4);1-4H;;;;. The van der Waals surface area contributed by atoms with Crippen LogP contribution in [0.5, 0.6) is 0 Å². The van der Waals surface area contributed by atoms with Crippen LogP contribution in [0, 0.1) is 0 Å². The van der Waals surface area contributed by atoms with Crippen LogP contribution in [0.2, 0.25) is 0 Å². The third-order valence-electron chi connectivity index (χ3n) is 0. The Morgan fingerprint density at radius 3 is 0.917 bits per heavy atom. The minimum atomic E-state index is -4.67. The third-order valence-corrected chi connectivity index (χ3v) is 0. The van der Waals surface area contributed by atoms with Crippen molar-refractivity contribution < 1.29 is 36.7 Å². The summed E-state index contributed by atoms with van der Waals surface area (Å²) in [5, 5.41) is 0. The van der Waals surface area contributed by atoms with E-state index in [-0.39, 0.29) is 46.9 Å². The van der Waals surface area contributed by atoms with Crippen LogP contribution < -0.4 is 0 Å². The third kappa shape index (κ3) is 589. The van der Waals surface area contributed by atoms with Gasteiger partial charge in [-0.1, -0.05) is 0 Å². The Labute approximate surface area is 102 Å². The summed E-state index contributed by atoms with van der Waals surface area (Å²) in [4.78, 5) is 29.3. The second-order valence-electron chi connectivity index (χ2n) is 1.05. The molecule has 0 fully saturated rings. The van der Waals surface area contributed by atoms with E-state index < -0.39 is 19.4 Å². The fourth-order valence-electron chi connectivity index (χ4n) is 0. The summed E-state index contributed by atoms with van der Waals surface area (Å²) >= 11 is 0. The molecule has 0 aromatic heterocycles. The van der Waals surface area contributed by atoms with Gasteiger partial charge in [0, 0.05) is 0 Å². The van der Waals surface area contributed by atoms with Crippen molar-refractivity contribution in [3.05, 3.63) is 0 Å². The molecule has 8 nitrogen and oxygen atoms in total. The topological polar surface area (TPSA) is 156 Å². The molecule has 0 rings (SSSR count). The molecule has 0 saturated heterocycles. The van der Waals surface area contributed by atoms with Gasteiger partial charge in [-0.25, -0.2) is 0 Å². The summed E-state index contributed by atoms with van der Waals surface area (Å²) in [6, 6.07) is 0. The van der Waals surface area contributed by atoms with E-state index in [2.05, 4.69) is 0 Å². The average molecular weight is 248 g/mol. The molecule has 0 aliphatic rings. The van der Waals surface area contributed by atoms with Gasteiger partial charge in [0.25, 0.3) is 0 Å². The van der Waals surface area contributed by atoms with E-state index in [4.69, 9.17) is 36.7 Å². The van der Waals surface area contributed by atoms with Crippen molar-refractivity contribution in [1.29, 1.82) is 0 Å². The molecule has 0 bridgehead atoms. The normalized spacial score (nSPS) is 9.83. The summed E-state index contributed by atoms with van der Waals surface area (Å²) in [7, 11) is -9.28. The molecule has 12 heavy (non-hydrogen) atoms. The van der Waals surface area contributed by atoms with Crippen molar-refractivity contribution in [2.75, 3.05) is 0 Å². The van der Waals surface area contributed by atoms with Crippen LogP contribution in [0.1, 0.15) is 0 Å². The zero-order valence-electron chi connectivity index (χ0n) is 4.41. The fraction of sp³-hybridized carbons (Fsp3) is 0. The predicted octanol–water partition coefficient (Wildman–Crippen LogP) is -5.09. The summed E-state index contributed by atoms with van der Waals surface area (Å²) in [6.07, 6.45) is 0. The van der Waals surface area contributed by atoms with Gasteiger partial charge in [-0.15, -0.1) is 0 Å². The van der Waals surface area contributed by atoms with Crippen molar-refractivity contribution in [2.24, 2.45) is 0 Å². The van der Waals surface area contributed by atoms with Crippen LogP contribution in [0.25, 0.3) is 0 Å². The predicted molar refractivity (Wildman–Crippen MR) is 45.9 cm³/mol. The summed E-state index contributed by atoms with van der Waals surface area (Å²) < 4.78 is 31.6. The number of hydrogen-bond donors (Lipinski definition) is 6. The maximum absolute atomic E-state index is 8.74. The van der Waals surface area contributed by atoms with Gasteiger partial charge in [-0.2, -0.15) is 8.42 Å². The quantitative estimate of drug-likeness (QED) is 0.184. The van der Waals surface area contributed by atoms with E-state index in [1.165, 1.54) is 0 Å². The van der Waals surface area contributed by atoms with Crippen molar-refractivity contribution in [3.8, 4) is 0 Å². The van der Waals surface area contributed by atoms with Gasteiger partial charge >= 0.3 is 49.0 Å². The first kappa shape index (κ1) is 23.4. The van der Waals surface area contributed by atoms with Crippen LogP contribution in [0.4, 0.5) is 0 Å². The first-order valence-corrected chi connectivity index (χ1v) is 4.78. The summed E-state index contributed by atoms with van der Waals surface area (Å²) in [5.74, 6) is 0. The van der Waals surface area contributed by atoms with Crippen molar-refractivity contribution in [1.82, 2.24) is 0 Å². The Kier molecular flexibility index (Phi) is 17.6. The molecule has 0 atom stereocenters. The van der Waals surface area contributed by atoms with Crippen LogP contribution in [-0.2, 0) is 10.4 Å². The van der Waals surface area contributed by atoms with Gasteiger partial charge < -0.3 is 19.2 Å². The molecular formula is H10AlNaO8SSi. The van der Waals surface area contributed by atoms with E-state index in [1.54, 1.807) is 0 Å². The minimum absolute atomic E-state index is 0. The van der Waals surface area contributed by atoms with Crippen molar-refractivity contribution in [2.45, 2.75) is 0 Å². The van der Waals surface area contributed by atoms with E-state index in [9.17, 15) is 0 Å². The van der Waals surface area contributed by atoms with Crippen molar-refractivity contribution >= 4 is 66.4 Å². The zero-order chi connectivity index (χ0) is 9.00. The monoisotopic (exact) mass is 248 g/mol. The summed E-state index contributed by atoms with van der Waals surface area (Å²) in [5.41, 5.74) is 0. The Morgan fingerprint density at radius 2 is 0.917 bits per heavy atom. The SMILES string of the molecule is O=S(=O)(O)O.O[Si](O)(O)O.[AlH3].[NaH]. The van der Waals surface area contributed by atoms with Crippen LogP contribution in [0.3, 0.4) is 0 Å². The molecule has 0 unspecified atom stereocenters. The molecule has 0 aromatic carbocycles. The molecule has 12 heteroatoms. The molecule has 0 amide bonds. The average Bonchev–Trinajstić information content (AvgIpc) is 1.12. The summed E-state index contributed by atoms with van der Waals surface area (Å²) in [6.45, 7) is 0. The Balaban J connectivity index is -0.0000000457. The van der Waals surface area contributed by atoms with Gasteiger partial charge in [0.1, 0.15) is 0 Å². The van der Waals surface area contributed by atoms with Gasteiger partial charge in [0.05, 0.1) is 0 Å². The fourth-order valence-corrected chi connectivity index (χ4v) is 0. The Bertz CT molecular complexity index is 154. The van der Waals surface area contributed by atoms with Gasteiger partial charge in [-0.3, -0.25) is 9.11 Å². The van der Waals surface area contributed by atoms with E-state index in [0.717, 1.165) is 0 Å². The number of hydrogen-bond acceptors (Lipinski definition) is 6. The molecule has 0 heterocycles. The molecule has 0 aliphatic carbocycles. The van der Waals surface area contributed by atoms with Crippen LogP contribution >= 0.6 is 0 Å². The van der Waals surface area contributed by atoms with Gasteiger partial charge in [-0.05, 0) is 0 Å². The van der Waals surface area contributed by atoms with E-state index in [0.29, 0.717) is 0 Å². The van der Waals surface area contributed by atoms with E-state index >= 15 is 0 Å². The zero-order valence-corrected chi connectivity index (χ0v) is 6.22. The molecule has 0 aliphatic heterocycles. The number of rotatable bonds is 0. The van der Waals surface area contributed by atoms with Crippen molar-refractivity contribution in [3.63, 3.8) is 0 Å². The molecular weight excluding hydrogens is 238 g/mol. The second-order valence-corrected chi connectivity index (χ2v) is 3.14. The van der Waals surface area contributed by atoms with Gasteiger partial charge in [0.2, 0.25) is 0 Å². The molecule has 0 aromatic rings. The molecule has 6 N–H and O–H groups in total. The van der Waals surface area contributed by atoms with Crippen LogP contribution in [0.15, 0.2) is 0 Å². The molecule has 0 radical (unpaired) electrons. The van der Waals surface area contributed by atoms with Crippen LogP contribution in [-0.4, -0.2) is 92.7 Å². The first-order chi connectivity index (χ1) is 4.00. The molecule has 72 valence electrons. The Morgan fingerprint density at radius 1 is 0.917 bits per heavy atom. The maximum atomic E-state index is 8.74. The molecule has 0 saturated carbocycles. The van der Waals surface area contributed by atoms with Gasteiger partial charge in [0.15, 0.2) is 17.4 Å². The second kappa shape index (κ2) is 9.03. The molecule has 0 spiro atoms. The Hall–Kier alpha value is 1.46. The first-order valence-electron chi connectivity index (χ1n) is 1.59.